The molecule has 0 saturated carbocycles. The van der Waals surface area contributed by atoms with Crippen LogP contribution in [0.25, 0.3) is 11.4 Å². The molecule has 2 N–H and O–H groups in total. The molecule has 6 nitrogen and oxygen atoms in total. The van der Waals surface area contributed by atoms with E-state index in [1.807, 2.05) is 28.4 Å². The zero-order valence-corrected chi connectivity index (χ0v) is 11.9. The first-order valence-electron chi connectivity index (χ1n) is 6.70. The van der Waals surface area contributed by atoms with Crippen LogP contribution >= 0.6 is 11.3 Å². The fourth-order valence-electron chi connectivity index (χ4n) is 2.46. The molecule has 1 atom stereocenters. The molecule has 0 saturated heterocycles. The molecule has 1 aliphatic heterocycles. The summed E-state index contributed by atoms with van der Waals surface area (Å²) in [6.45, 7) is 0.859. The summed E-state index contributed by atoms with van der Waals surface area (Å²) in [5.41, 5.74) is 0.884. The lowest BCUT2D eigenvalue weighted by molar-refractivity contribution is 0.475. The molecule has 2 aromatic heterocycles. The summed E-state index contributed by atoms with van der Waals surface area (Å²) in [5, 5.41) is 20.3. The van der Waals surface area contributed by atoms with Gasteiger partial charge in [-0.1, -0.05) is 0 Å². The molecule has 21 heavy (non-hydrogen) atoms. The smallest absolute Gasteiger partial charge is 0.222 e. The van der Waals surface area contributed by atoms with Crippen LogP contribution in [0.2, 0.25) is 0 Å². The molecule has 0 aliphatic carbocycles. The number of aromatic hydroxyl groups is 1. The molecule has 0 radical (unpaired) electrons. The van der Waals surface area contributed by atoms with E-state index in [0.717, 1.165) is 29.5 Å². The minimum atomic E-state index is 0.139. The maximum absolute atomic E-state index is 9.37. The fourth-order valence-corrected chi connectivity index (χ4v) is 3.22. The highest BCUT2D eigenvalue weighted by molar-refractivity contribution is 7.09. The number of anilines is 1. The van der Waals surface area contributed by atoms with Crippen molar-refractivity contribution in [3.05, 3.63) is 40.8 Å². The predicted octanol–water partition coefficient (Wildman–Crippen LogP) is 2.51. The van der Waals surface area contributed by atoms with E-state index in [2.05, 4.69) is 20.4 Å². The Balaban J connectivity index is 1.75. The molecule has 0 amide bonds. The average Bonchev–Trinajstić information content (AvgIpc) is 3.17. The molecule has 1 aliphatic rings. The van der Waals surface area contributed by atoms with Crippen LogP contribution in [-0.2, 0) is 0 Å². The SMILES string of the molecule is Oc1ccc(-c2nc3n(n2)C(c2nccs2)CCN3)cc1. The van der Waals surface area contributed by atoms with Gasteiger partial charge in [-0.25, -0.2) is 9.67 Å². The molecule has 1 aromatic carbocycles. The molecular formula is C14H13N5OS. The molecule has 1 unspecified atom stereocenters. The van der Waals surface area contributed by atoms with Crippen molar-refractivity contribution in [1.29, 1.82) is 0 Å². The minimum Gasteiger partial charge on any atom is -0.508 e. The summed E-state index contributed by atoms with van der Waals surface area (Å²) in [7, 11) is 0. The van der Waals surface area contributed by atoms with Gasteiger partial charge in [0.1, 0.15) is 16.8 Å². The van der Waals surface area contributed by atoms with E-state index in [0.29, 0.717) is 5.82 Å². The normalized spacial score (nSPS) is 17.2. The van der Waals surface area contributed by atoms with Crippen molar-refractivity contribution in [2.75, 3.05) is 11.9 Å². The first kappa shape index (κ1) is 12.3. The number of nitrogens with zero attached hydrogens (tertiary/aromatic N) is 4. The average molecular weight is 299 g/mol. The van der Waals surface area contributed by atoms with Crippen molar-refractivity contribution in [3.63, 3.8) is 0 Å². The van der Waals surface area contributed by atoms with Crippen LogP contribution in [0, 0.1) is 0 Å². The van der Waals surface area contributed by atoms with Gasteiger partial charge in [0.15, 0.2) is 5.82 Å². The number of rotatable bonds is 2. The summed E-state index contributed by atoms with van der Waals surface area (Å²) >= 11 is 1.64. The Kier molecular flexibility index (Phi) is 2.85. The molecule has 3 heterocycles. The Bertz CT molecular complexity index is 750. The Hall–Kier alpha value is -2.41. The Morgan fingerprint density at radius 1 is 1.29 bits per heavy atom. The zero-order chi connectivity index (χ0) is 14.2. The van der Waals surface area contributed by atoms with Crippen LogP contribution in [0.1, 0.15) is 17.5 Å². The van der Waals surface area contributed by atoms with Gasteiger partial charge in [-0.05, 0) is 30.7 Å². The first-order chi connectivity index (χ1) is 10.3. The molecule has 4 rings (SSSR count). The number of phenolic OH excluding ortho intramolecular Hbond substituents is 1. The van der Waals surface area contributed by atoms with Crippen LogP contribution in [0.4, 0.5) is 5.95 Å². The predicted molar refractivity (Wildman–Crippen MR) is 80.5 cm³/mol. The quantitative estimate of drug-likeness (QED) is 0.760. The topological polar surface area (TPSA) is 75.9 Å². The minimum absolute atomic E-state index is 0.139. The number of thiazole rings is 1. The van der Waals surface area contributed by atoms with E-state index in [-0.39, 0.29) is 11.8 Å². The van der Waals surface area contributed by atoms with Crippen LogP contribution in [-0.4, -0.2) is 31.4 Å². The van der Waals surface area contributed by atoms with Crippen molar-refractivity contribution in [1.82, 2.24) is 19.7 Å². The van der Waals surface area contributed by atoms with E-state index in [4.69, 9.17) is 0 Å². The van der Waals surface area contributed by atoms with Gasteiger partial charge in [-0.3, -0.25) is 0 Å². The maximum Gasteiger partial charge on any atom is 0.222 e. The number of aromatic nitrogens is 4. The molecule has 0 spiro atoms. The van der Waals surface area contributed by atoms with E-state index >= 15 is 0 Å². The van der Waals surface area contributed by atoms with Gasteiger partial charge in [-0.15, -0.1) is 16.4 Å². The third-order valence-corrected chi connectivity index (χ3v) is 4.37. The van der Waals surface area contributed by atoms with E-state index in [9.17, 15) is 5.11 Å². The number of nitrogens with one attached hydrogen (secondary N) is 1. The zero-order valence-electron chi connectivity index (χ0n) is 11.1. The second-order valence-electron chi connectivity index (χ2n) is 4.85. The summed E-state index contributed by atoms with van der Waals surface area (Å²) in [6.07, 6.45) is 2.76. The fraction of sp³-hybridized carbons (Fsp3) is 0.214. The third-order valence-electron chi connectivity index (χ3n) is 3.49. The molecule has 106 valence electrons. The molecular weight excluding hydrogens is 286 g/mol. The van der Waals surface area contributed by atoms with E-state index < -0.39 is 0 Å². The highest BCUT2D eigenvalue weighted by atomic mass is 32.1. The standard InChI is InChI=1S/C14H13N5OS/c20-10-3-1-9(2-4-10)12-17-14-16-6-5-11(19(14)18-12)13-15-7-8-21-13/h1-4,7-8,11,20H,5-6H2,(H,16,17,18). The third kappa shape index (κ3) is 2.15. The summed E-state index contributed by atoms with van der Waals surface area (Å²) in [5.74, 6) is 1.66. The second kappa shape index (κ2) is 4.85. The van der Waals surface area contributed by atoms with Gasteiger partial charge < -0.3 is 10.4 Å². The summed E-state index contributed by atoms with van der Waals surface area (Å²) in [6, 6.07) is 7.05. The number of phenols is 1. The first-order valence-corrected chi connectivity index (χ1v) is 7.58. The highest BCUT2D eigenvalue weighted by Gasteiger charge is 2.26. The number of hydrogen-bond acceptors (Lipinski definition) is 6. The second-order valence-corrected chi connectivity index (χ2v) is 5.78. The Labute approximate surface area is 125 Å². The maximum atomic E-state index is 9.37. The van der Waals surface area contributed by atoms with Crippen molar-refractivity contribution >= 4 is 17.3 Å². The van der Waals surface area contributed by atoms with Gasteiger partial charge in [0.05, 0.1) is 0 Å². The van der Waals surface area contributed by atoms with E-state index in [1.165, 1.54) is 0 Å². The van der Waals surface area contributed by atoms with Gasteiger partial charge in [0, 0.05) is 23.7 Å². The lowest BCUT2D eigenvalue weighted by Gasteiger charge is -2.22. The highest BCUT2D eigenvalue weighted by Crippen LogP contribution is 2.31. The van der Waals surface area contributed by atoms with Crippen molar-refractivity contribution < 1.29 is 5.11 Å². The number of hydrogen-bond donors (Lipinski definition) is 2. The monoisotopic (exact) mass is 299 g/mol. The lowest BCUT2D eigenvalue weighted by atomic mass is 10.2. The van der Waals surface area contributed by atoms with Gasteiger partial charge in [0.2, 0.25) is 5.95 Å². The van der Waals surface area contributed by atoms with Crippen LogP contribution in [0.5, 0.6) is 5.75 Å². The summed E-state index contributed by atoms with van der Waals surface area (Å²) in [4.78, 5) is 8.95. The number of fused-ring (bicyclic) bond motifs is 1. The lowest BCUT2D eigenvalue weighted by Crippen LogP contribution is -2.24. The van der Waals surface area contributed by atoms with Crippen LogP contribution in [0.15, 0.2) is 35.8 Å². The summed E-state index contributed by atoms with van der Waals surface area (Å²) < 4.78 is 1.91. The number of benzene rings is 1. The molecule has 0 fully saturated rings. The van der Waals surface area contributed by atoms with Crippen molar-refractivity contribution in [3.8, 4) is 17.1 Å². The largest absolute Gasteiger partial charge is 0.508 e. The molecule has 0 bridgehead atoms. The molecule has 3 aromatic rings. The van der Waals surface area contributed by atoms with Crippen LogP contribution in [0.3, 0.4) is 0 Å². The van der Waals surface area contributed by atoms with E-state index in [1.54, 1.807) is 23.5 Å². The van der Waals surface area contributed by atoms with Crippen molar-refractivity contribution in [2.45, 2.75) is 12.5 Å². The van der Waals surface area contributed by atoms with Crippen LogP contribution < -0.4 is 5.32 Å². The Morgan fingerprint density at radius 2 is 2.14 bits per heavy atom. The van der Waals surface area contributed by atoms with Gasteiger partial charge in [0.25, 0.3) is 0 Å². The van der Waals surface area contributed by atoms with Crippen molar-refractivity contribution in [2.24, 2.45) is 0 Å². The Morgan fingerprint density at radius 3 is 2.90 bits per heavy atom. The van der Waals surface area contributed by atoms with Gasteiger partial charge in [-0.2, -0.15) is 4.98 Å². The van der Waals surface area contributed by atoms with Gasteiger partial charge >= 0.3 is 0 Å². The molecule has 7 heteroatoms.